The molecule has 0 saturated heterocycles. The molecule has 0 radical (unpaired) electrons. The van der Waals surface area contributed by atoms with Crippen LogP contribution in [-0.4, -0.2) is 16.9 Å². The van der Waals surface area contributed by atoms with Gasteiger partial charge in [0.15, 0.2) is 0 Å². The van der Waals surface area contributed by atoms with E-state index in [0.717, 1.165) is 12.8 Å². The number of pyridine rings is 1. The van der Waals surface area contributed by atoms with Gasteiger partial charge in [0.25, 0.3) is 5.91 Å². The van der Waals surface area contributed by atoms with Crippen LogP contribution in [0.25, 0.3) is 0 Å². The number of carbonyl (C=O) groups excluding carboxylic acids is 1. The number of anilines is 1. The lowest BCUT2D eigenvalue weighted by Crippen LogP contribution is -2.35. The topological polar surface area (TPSA) is 80.0 Å². The molecular formula is C14H21ClN4O. The Morgan fingerprint density at radius 3 is 2.50 bits per heavy atom. The predicted molar refractivity (Wildman–Crippen MR) is 80.6 cm³/mol. The molecule has 0 unspecified atom stereocenters. The summed E-state index contributed by atoms with van der Waals surface area (Å²) < 4.78 is 0. The molecule has 0 spiro atoms. The molecule has 1 aromatic rings. The third-order valence-electron chi connectivity index (χ3n) is 3.64. The number of nitrogen functional groups attached to an aromatic ring is 1. The number of carbonyl (C=O) groups is 1. The van der Waals surface area contributed by atoms with Crippen molar-refractivity contribution in [2.75, 3.05) is 5.43 Å². The number of amides is 1. The number of nitrogens with zero attached hydrogens (tertiary/aromatic N) is 1. The highest BCUT2D eigenvalue weighted by Crippen LogP contribution is 2.18. The van der Waals surface area contributed by atoms with E-state index in [2.05, 4.69) is 15.7 Å². The van der Waals surface area contributed by atoms with E-state index in [4.69, 9.17) is 17.4 Å². The SMILES string of the molecule is NNc1cc(C(=O)NC2CCCCCCC2)cc(Cl)n1. The van der Waals surface area contributed by atoms with Crippen LogP contribution in [0.4, 0.5) is 5.82 Å². The van der Waals surface area contributed by atoms with Crippen molar-refractivity contribution in [1.82, 2.24) is 10.3 Å². The van der Waals surface area contributed by atoms with Gasteiger partial charge in [-0.05, 0) is 25.0 Å². The molecule has 0 aromatic carbocycles. The highest BCUT2D eigenvalue weighted by atomic mass is 35.5. The summed E-state index contributed by atoms with van der Waals surface area (Å²) in [5.74, 6) is 5.58. The molecule has 1 aromatic heterocycles. The number of hydrazine groups is 1. The van der Waals surface area contributed by atoms with E-state index in [1.54, 1.807) is 12.1 Å². The fourth-order valence-electron chi connectivity index (χ4n) is 2.57. The first-order valence-corrected chi connectivity index (χ1v) is 7.52. The molecule has 1 fully saturated rings. The molecule has 1 amide bonds. The summed E-state index contributed by atoms with van der Waals surface area (Å²) in [6, 6.07) is 3.41. The van der Waals surface area contributed by atoms with Crippen molar-refractivity contribution in [2.45, 2.75) is 51.0 Å². The second kappa shape index (κ2) is 7.45. The van der Waals surface area contributed by atoms with E-state index >= 15 is 0 Å². The Labute approximate surface area is 124 Å². The van der Waals surface area contributed by atoms with Crippen molar-refractivity contribution in [3.8, 4) is 0 Å². The zero-order chi connectivity index (χ0) is 14.4. The number of nitrogens with one attached hydrogen (secondary N) is 2. The minimum absolute atomic E-state index is 0.114. The number of aromatic nitrogens is 1. The molecule has 6 heteroatoms. The molecule has 110 valence electrons. The van der Waals surface area contributed by atoms with E-state index < -0.39 is 0 Å². The van der Waals surface area contributed by atoms with Crippen molar-refractivity contribution in [3.63, 3.8) is 0 Å². The quantitative estimate of drug-likeness (QED) is 0.455. The summed E-state index contributed by atoms with van der Waals surface area (Å²) >= 11 is 5.88. The standard InChI is InChI=1S/C14H21ClN4O/c15-12-8-10(9-13(18-12)19-16)14(20)17-11-6-4-2-1-3-5-7-11/h8-9,11H,1-7,16H2,(H,17,20)(H,18,19). The van der Waals surface area contributed by atoms with Crippen LogP contribution in [0.15, 0.2) is 12.1 Å². The zero-order valence-corrected chi connectivity index (χ0v) is 12.2. The molecular weight excluding hydrogens is 276 g/mol. The highest BCUT2D eigenvalue weighted by Gasteiger charge is 2.16. The second-order valence-corrected chi connectivity index (χ2v) is 5.61. The molecule has 0 aliphatic heterocycles. The number of hydrogen-bond acceptors (Lipinski definition) is 4. The van der Waals surface area contributed by atoms with Gasteiger partial charge in [-0.25, -0.2) is 10.8 Å². The maximum atomic E-state index is 12.3. The van der Waals surface area contributed by atoms with E-state index in [1.165, 1.54) is 32.1 Å². The van der Waals surface area contributed by atoms with E-state index in [-0.39, 0.29) is 17.1 Å². The van der Waals surface area contributed by atoms with Gasteiger partial charge in [0.05, 0.1) is 0 Å². The van der Waals surface area contributed by atoms with Crippen LogP contribution in [-0.2, 0) is 0 Å². The van der Waals surface area contributed by atoms with Crippen LogP contribution in [0.1, 0.15) is 55.3 Å². The Kier molecular flexibility index (Phi) is 5.61. The van der Waals surface area contributed by atoms with Gasteiger partial charge < -0.3 is 10.7 Å². The lowest BCUT2D eigenvalue weighted by atomic mass is 9.96. The molecule has 5 nitrogen and oxygen atoms in total. The Morgan fingerprint density at radius 2 is 1.85 bits per heavy atom. The summed E-state index contributed by atoms with van der Waals surface area (Å²) in [7, 11) is 0. The molecule has 20 heavy (non-hydrogen) atoms. The fourth-order valence-corrected chi connectivity index (χ4v) is 2.78. The molecule has 1 saturated carbocycles. The minimum Gasteiger partial charge on any atom is -0.349 e. The van der Waals surface area contributed by atoms with Gasteiger partial charge in [-0.2, -0.15) is 0 Å². The van der Waals surface area contributed by atoms with E-state index in [0.29, 0.717) is 11.4 Å². The lowest BCUT2D eigenvalue weighted by molar-refractivity contribution is 0.0930. The molecule has 0 atom stereocenters. The lowest BCUT2D eigenvalue weighted by Gasteiger charge is -2.21. The number of hydrogen-bond donors (Lipinski definition) is 3. The van der Waals surface area contributed by atoms with Crippen LogP contribution in [0.5, 0.6) is 0 Å². The van der Waals surface area contributed by atoms with Gasteiger partial charge in [0.2, 0.25) is 0 Å². The van der Waals surface area contributed by atoms with Crippen LogP contribution >= 0.6 is 11.6 Å². The van der Waals surface area contributed by atoms with Crippen molar-refractivity contribution < 1.29 is 4.79 Å². The number of nitrogens with two attached hydrogens (primary N) is 1. The highest BCUT2D eigenvalue weighted by molar-refractivity contribution is 6.29. The molecule has 1 aliphatic rings. The molecule has 1 heterocycles. The van der Waals surface area contributed by atoms with Gasteiger partial charge in [-0.3, -0.25) is 4.79 Å². The Morgan fingerprint density at radius 1 is 1.20 bits per heavy atom. The van der Waals surface area contributed by atoms with Crippen LogP contribution in [0.3, 0.4) is 0 Å². The molecule has 2 rings (SSSR count). The summed E-state index contributed by atoms with van der Waals surface area (Å²) in [6.45, 7) is 0. The molecule has 0 bridgehead atoms. The van der Waals surface area contributed by atoms with Gasteiger partial charge in [-0.15, -0.1) is 0 Å². The smallest absolute Gasteiger partial charge is 0.251 e. The maximum Gasteiger partial charge on any atom is 0.251 e. The summed E-state index contributed by atoms with van der Waals surface area (Å²) in [4.78, 5) is 16.2. The first kappa shape index (κ1) is 15.1. The monoisotopic (exact) mass is 296 g/mol. The summed E-state index contributed by atoms with van der Waals surface area (Å²) in [6.07, 6.45) is 8.28. The summed E-state index contributed by atoms with van der Waals surface area (Å²) in [5, 5.41) is 3.34. The van der Waals surface area contributed by atoms with Crippen molar-refractivity contribution in [1.29, 1.82) is 0 Å². The zero-order valence-electron chi connectivity index (χ0n) is 11.5. The van der Waals surface area contributed by atoms with Crippen LogP contribution in [0.2, 0.25) is 5.15 Å². The maximum absolute atomic E-state index is 12.3. The molecule has 1 aliphatic carbocycles. The Bertz CT molecular complexity index is 458. The minimum atomic E-state index is -0.114. The summed E-state index contributed by atoms with van der Waals surface area (Å²) in [5.41, 5.74) is 2.90. The third-order valence-corrected chi connectivity index (χ3v) is 3.84. The molecule has 4 N–H and O–H groups in total. The normalized spacial score (nSPS) is 17.1. The van der Waals surface area contributed by atoms with Crippen molar-refractivity contribution in [2.24, 2.45) is 5.84 Å². The predicted octanol–water partition coefficient (Wildman–Crippen LogP) is 2.86. The average molecular weight is 297 g/mol. The van der Waals surface area contributed by atoms with Gasteiger partial charge in [0.1, 0.15) is 11.0 Å². The van der Waals surface area contributed by atoms with Crippen LogP contribution < -0.4 is 16.6 Å². The van der Waals surface area contributed by atoms with Gasteiger partial charge in [-0.1, -0.05) is 43.7 Å². The Hall–Kier alpha value is -1.33. The Balaban J connectivity index is 2.01. The number of rotatable bonds is 3. The average Bonchev–Trinajstić information content (AvgIpc) is 2.40. The van der Waals surface area contributed by atoms with E-state index in [1.807, 2.05) is 0 Å². The van der Waals surface area contributed by atoms with Gasteiger partial charge in [0, 0.05) is 11.6 Å². The van der Waals surface area contributed by atoms with Crippen molar-refractivity contribution in [3.05, 3.63) is 22.8 Å². The largest absolute Gasteiger partial charge is 0.349 e. The first-order valence-electron chi connectivity index (χ1n) is 7.14. The fraction of sp³-hybridized carbons (Fsp3) is 0.571. The second-order valence-electron chi connectivity index (χ2n) is 5.22. The first-order chi connectivity index (χ1) is 9.69. The third kappa shape index (κ3) is 4.35. The van der Waals surface area contributed by atoms with E-state index in [9.17, 15) is 4.79 Å². The van der Waals surface area contributed by atoms with Crippen molar-refractivity contribution >= 4 is 23.3 Å². The van der Waals surface area contributed by atoms with Gasteiger partial charge >= 0.3 is 0 Å². The number of halogens is 1. The van der Waals surface area contributed by atoms with Crippen LogP contribution in [0, 0.1) is 0 Å².